The molecule has 0 atom stereocenters. The van der Waals surface area contributed by atoms with Crippen molar-refractivity contribution in [1.82, 2.24) is 0 Å². The van der Waals surface area contributed by atoms with Crippen LogP contribution in [0.15, 0.2) is 77.3 Å². The molecule has 0 saturated carbocycles. The number of benzene rings is 3. The molecule has 0 unspecified atom stereocenters. The molecule has 0 saturated heterocycles. The van der Waals surface area contributed by atoms with Gasteiger partial charge >= 0.3 is 0 Å². The Morgan fingerprint density at radius 1 is 0.750 bits per heavy atom. The number of aliphatic hydroxyl groups is 1. The third-order valence-corrected chi connectivity index (χ3v) is 4.96. The van der Waals surface area contributed by atoms with Crippen LogP contribution in [0.25, 0.3) is 0 Å². The van der Waals surface area contributed by atoms with Gasteiger partial charge in [0.25, 0.3) is 0 Å². The normalized spacial score (nSPS) is 11.3. The van der Waals surface area contributed by atoms with Crippen LogP contribution in [0.4, 0.5) is 0 Å². The molecule has 28 heavy (non-hydrogen) atoms. The summed E-state index contributed by atoms with van der Waals surface area (Å²) in [5.41, 5.74) is 2.33. The first-order chi connectivity index (χ1) is 13.4. The van der Waals surface area contributed by atoms with Crippen LogP contribution in [0.3, 0.4) is 0 Å². The molecule has 0 aliphatic carbocycles. The van der Waals surface area contributed by atoms with Crippen LogP contribution in [0, 0.1) is 0 Å². The largest absolute Gasteiger partial charge is 0.488 e. The summed E-state index contributed by atoms with van der Waals surface area (Å²) in [6.45, 7) is 4.52. The molecule has 4 heteroatoms. The van der Waals surface area contributed by atoms with Crippen molar-refractivity contribution in [2.45, 2.75) is 39.1 Å². The minimum atomic E-state index is -0.818. The average Bonchev–Trinajstić information content (AvgIpc) is 2.67. The Morgan fingerprint density at radius 3 is 1.57 bits per heavy atom. The summed E-state index contributed by atoms with van der Waals surface area (Å²) < 4.78 is 12.9. The number of halogens is 1. The molecule has 146 valence electrons. The fraction of sp³-hybridized carbons (Fsp3) is 0.250. The molecule has 0 bridgehead atoms. The molecule has 0 spiro atoms. The molecule has 0 aliphatic heterocycles. The fourth-order valence-corrected chi connectivity index (χ4v) is 3.37. The molecule has 1 N–H and O–H groups in total. The summed E-state index contributed by atoms with van der Waals surface area (Å²) in [6, 6.07) is 24.0. The van der Waals surface area contributed by atoms with Gasteiger partial charge in [-0.3, -0.25) is 0 Å². The van der Waals surface area contributed by atoms with Crippen molar-refractivity contribution in [1.29, 1.82) is 0 Å². The molecule has 0 aliphatic rings. The van der Waals surface area contributed by atoms with Gasteiger partial charge in [0.1, 0.15) is 29.2 Å². The van der Waals surface area contributed by atoms with Crippen LogP contribution in [-0.4, -0.2) is 10.7 Å². The van der Waals surface area contributed by atoms with Crippen LogP contribution in [0.2, 0.25) is 0 Å². The highest BCUT2D eigenvalue weighted by Crippen LogP contribution is 2.37. The summed E-state index contributed by atoms with van der Waals surface area (Å²) in [6.07, 6.45) is 0.504. The lowest BCUT2D eigenvalue weighted by molar-refractivity contribution is 0.0808. The predicted molar refractivity (Wildman–Crippen MR) is 116 cm³/mol. The topological polar surface area (TPSA) is 38.7 Å². The molecule has 0 radical (unpaired) electrons. The van der Waals surface area contributed by atoms with Crippen molar-refractivity contribution in [3.05, 3.63) is 94.0 Å². The minimum absolute atomic E-state index is 0.462. The van der Waals surface area contributed by atoms with E-state index in [2.05, 4.69) is 15.9 Å². The zero-order chi connectivity index (χ0) is 20.0. The summed E-state index contributed by atoms with van der Waals surface area (Å²) in [5.74, 6) is 1.40. The van der Waals surface area contributed by atoms with Gasteiger partial charge in [-0.15, -0.1) is 0 Å². The van der Waals surface area contributed by atoms with Crippen molar-refractivity contribution in [2.75, 3.05) is 0 Å². The molecular weight excluding hydrogens is 416 g/mol. The number of ether oxygens (including phenoxy) is 2. The second-order valence-electron chi connectivity index (χ2n) is 7.44. The molecule has 3 aromatic carbocycles. The quantitative estimate of drug-likeness (QED) is 0.472. The van der Waals surface area contributed by atoms with Crippen molar-refractivity contribution in [2.24, 2.45) is 0 Å². The Balaban J connectivity index is 1.83. The van der Waals surface area contributed by atoms with Crippen LogP contribution in [0.1, 0.15) is 30.5 Å². The lowest BCUT2D eigenvalue weighted by Crippen LogP contribution is -2.21. The lowest BCUT2D eigenvalue weighted by Gasteiger charge is -2.20. The summed E-state index contributed by atoms with van der Waals surface area (Å²) in [7, 11) is 0. The van der Waals surface area contributed by atoms with Crippen LogP contribution in [0.5, 0.6) is 11.5 Å². The van der Waals surface area contributed by atoms with Crippen LogP contribution < -0.4 is 9.47 Å². The van der Waals surface area contributed by atoms with E-state index in [4.69, 9.17) is 9.47 Å². The maximum absolute atomic E-state index is 10.2. The van der Waals surface area contributed by atoms with E-state index in [-0.39, 0.29) is 0 Å². The number of rotatable bonds is 8. The van der Waals surface area contributed by atoms with E-state index >= 15 is 0 Å². The highest BCUT2D eigenvalue weighted by atomic mass is 79.9. The molecular formula is C24H25BrO3. The Hall–Kier alpha value is -2.30. The van der Waals surface area contributed by atoms with E-state index in [0.717, 1.165) is 21.2 Å². The lowest BCUT2D eigenvalue weighted by atomic mass is 9.98. The van der Waals surface area contributed by atoms with Crippen molar-refractivity contribution < 1.29 is 14.6 Å². The van der Waals surface area contributed by atoms with Gasteiger partial charge in [0.05, 0.1) is 5.60 Å². The maximum atomic E-state index is 10.2. The Labute approximate surface area is 175 Å². The first-order valence-electron chi connectivity index (χ1n) is 9.29. The third-order valence-electron chi connectivity index (χ3n) is 4.18. The number of hydrogen-bond donors (Lipinski definition) is 1. The SMILES string of the molecule is CC(C)(O)Cc1cc(OCc2ccccc2)c(Br)c(OCc2ccccc2)c1. The van der Waals surface area contributed by atoms with E-state index in [0.29, 0.717) is 31.1 Å². The maximum Gasteiger partial charge on any atom is 0.138 e. The zero-order valence-electron chi connectivity index (χ0n) is 16.2. The van der Waals surface area contributed by atoms with Gasteiger partial charge in [0.2, 0.25) is 0 Å². The molecule has 3 rings (SSSR count). The first-order valence-corrected chi connectivity index (χ1v) is 10.1. The third kappa shape index (κ3) is 6.11. The Bertz CT molecular complexity index is 822. The Kier molecular flexibility index (Phi) is 6.76. The van der Waals surface area contributed by atoms with Gasteiger partial charge in [0, 0.05) is 6.42 Å². The van der Waals surface area contributed by atoms with E-state index in [1.807, 2.05) is 72.8 Å². The predicted octanol–water partition coefficient (Wildman–Crippen LogP) is 5.92. The van der Waals surface area contributed by atoms with E-state index < -0.39 is 5.60 Å². The summed E-state index contributed by atoms with van der Waals surface area (Å²) in [4.78, 5) is 0. The standard InChI is InChI=1S/C24H25BrO3/c1-24(2,26)15-20-13-21(27-16-18-9-5-3-6-10-18)23(25)22(14-20)28-17-19-11-7-4-8-12-19/h3-14,26H,15-17H2,1-2H3. The second kappa shape index (κ2) is 9.26. The summed E-state index contributed by atoms with van der Waals surface area (Å²) in [5, 5.41) is 10.2. The molecule has 0 aromatic heterocycles. The Morgan fingerprint density at radius 2 is 1.18 bits per heavy atom. The monoisotopic (exact) mass is 440 g/mol. The molecule has 0 amide bonds. The van der Waals surface area contributed by atoms with E-state index in [9.17, 15) is 5.11 Å². The minimum Gasteiger partial charge on any atom is -0.488 e. The highest BCUT2D eigenvalue weighted by molar-refractivity contribution is 9.10. The zero-order valence-corrected chi connectivity index (χ0v) is 17.8. The average molecular weight is 441 g/mol. The van der Waals surface area contributed by atoms with Gasteiger partial charge < -0.3 is 14.6 Å². The second-order valence-corrected chi connectivity index (χ2v) is 8.24. The molecule has 0 heterocycles. The molecule has 3 aromatic rings. The van der Waals surface area contributed by atoms with Gasteiger partial charge in [-0.2, -0.15) is 0 Å². The van der Waals surface area contributed by atoms with Crippen LogP contribution >= 0.6 is 15.9 Å². The fourth-order valence-electron chi connectivity index (χ4n) is 2.91. The first kappa shape index (κ1) is 20.4. The van der Waals surface area contributed by atoms with Gasteiger partial charge in [-0.1, -0.05) is 60.7 Å². The van der Waals surface area contributed by atoms with Gasteiger partial charge in [-0.25, -0.2) is 0 Å². The smallest absolute Gasteiger partial charge is 0.138 e. The van der Waals surface area contributed by atoms with Crippen molar-refractivity contribution in [3.8, 4) is 11.5 Å². The van der Waals surface area contributed by atoms with E-state index in [1.165, 1.54) is 0 Å². The van der Waals surface area contributed by atoms with Gasteiger partial charge in [-0.05, 0) is 58.6 Å². The molecule has 0 fully saturated rings. The molecule has 3 nitrogen and oxygen atoms in total. The van der Waals surface area contributed by atoms with E-state index in [1.54, 1.807) is 13.8 Å². The highest BCUT2D eigenvalue weighted by Gasteiger charge is 2.18. The van der Waals surface area contributed by atoms with Crippen molar-refractivity contribution in [3.63, 3.8) is 0 Å². The van der Waals surface area contributed by atoms with Crippen LogP contribution in [-0.2, 0) is 19.6 Å². The number of hydrogen-bond acceptors (Lipinski definition) is 3. The van der Waals surface area contributed by atoms with Crippen molar-refractivity contribution >= 4 is 15.9 Å². The summed E-state index contributed by atoms with van der Waals surface area (Å²) >= 11 is 3.63. The van der Waals surface area contributed by atoms with Gasteiger partial charge in [0.15, 0.2) is 0 Å².